The molecule has 0 aromatic heterocycles. The smallest absolute Gasteiger partial charge is 0.414 e. The summed E-state index contributed by atoms with van der Waals surface area (Å²) in [4.78, 5) is 119. The predicted molar refractivity (Wildman–Crippen MR) is 282 cm³/mol. The monoisotopic (exact) mass is 1130 g/mol. The van der Waals surface area contributed by atoms with Crippen LogP contribution in [0.2, 0.25) is 19.6 Å². The summed E-state index contributed by atoms with van der Waals surface area (Å²) in [6.45, 7) is 7.99. The summed E-state index contributed by atoms with van der Waals surface area (Å²) >= 11 is 1.24. The van der Waals surface area contributed by atoms with Gasteiger partial charge in [-0.25, -0.2) is 19.2 Å². The van der Waals surface area contributed by atoms with Crippen molar-refractivity contribution in [2.75, 3.05) is 13.1 Å². The van der Waals surface area contributed by atoms with Crippen molar-refractivity contribution in [3.05, 3.63) is 170 Å². The van der Waals surface area contributed by atoms with Gasteiger partial charge in [0.1, 0.15) is 32.1 Å². The van der Waals surface area contributed by atoms with Crippen LogP contribution in [-0.2, 0) is 59.4 Å². The van der Waals surface area contributed by atoms with Crippen molar-refractivity contribution in [2.45, 2.75) is 89.8 Å². The Labute approximate surface area is 455 Å². The van der Waals surface area contributed by atoms with E-state index in [1.807, 2.05) is 33.5 Å². The van der Waals surface area contributed by atoms with Gasteiger partial charge in [-0.15, -0.1) is 11.8 Å². The predicted octanol–water partition coefficient (Wildman–Crippen LogP) is 8.01. The molecule has 3 aliphatic rings. The Bertz CT molecular complexity index is 2990. The Morgan fingerprint density at radius 3 is 1.48 bits per heavy atom. The number of fused-ring (bicyclic) bond motifs is 1. The van der Waals surface area contributed by atoms with Crippen molar-refractivity contribution in [1.29, 1.82) is 0 Å². The molecule has 2 fully saturated rings. The molecule has 2 N–H and O–H groups in total. The molecular weight excluding hydrogens is 1070 g/mol. The van der Waals surface area contributed by atoms with Crippen molar-refractivity contribution >= 4 is 78.9 Å². The van der Waals surface area contributed by atoms with Gasteiger partial charge in [-0.2, -0.15) is 0 Å². The Hall–Kier alpha value is -8.83. The standard InChI is InChI=1S/C50H53N9O18SSi/c1-29-42-41(30(2)77-79(3,4)5)45(60)55(42)43(46(61)73-25-31-6-14-35(15-7-31)56(65)66)44(29)78-40-22-39(54(24-40)50(64)76-28-34-12-20-38(21-13-34)59(71)72)23-51-47(52-48(62)74-26-32-8-16-36(17-9-32)57(67)68)53-49(63)75-27-33-10-18-37(19-11-33)58(69)70/h6-21,29-30,39-42H,22-28H2,1-5H3,(H2,51,52,53,62,63)/t29-,30-,39+,40+,41-,42-/m1/s1. The highest BCUT2D eigenvalue weighted by molar-refractivity contribution is 8.03. The third-order valence-electron chi connectivity index (χ3n) is 12.7. The molecule has 7 rings (SSSR count). The number of ether oxygens (including phenoxy) is 4. The zero-order valence-corrected chi connectivity index (χ0v) is 44.9. The van der Waals surface area contributed by atoms with Crippen molar-refractivity contribution in [1.82, 2.24) is 20.4 Å². The number of guanidine groups is 1. The Morgan fingerprint density at radius 1 is 0.671 bits per heavy atom. The average Bonchev–Trinajstić information content (AvgIpc) is 4.02. The fraction of sp³-hybridized carbons (Fsp3) is 0.360. The fourth-order valence-electron chi connectivity index (χ4n) is 8.99. The van der Waals surface area contributed by atoms with Crippen LogP contribution in [0.1, 0.15) is 42.5 Å². The van der Waals surface area contributed by atoms with Gasteiger partial charge in [0.15, 0.2) is 8.32 Å². The number of aliphatic imine (C=N–C) groups is 1. The number of nitro benzene ring substituents is 4. The molecule has 0 saturated carbocycles. The highest BCUT2D eigenvalue weighted by Crippen LogP contribution is 2.53. The molecule has 2 saturated heterocycles. The maximum Gasteiger partial charge on any atom is 0.414 e. The second-order valence-corrected chi connectivity index (χ2v) is 25.2. The summed E-state index contributed by atoms with van der Waals surface area (Å²) in [5.41, 5.74) is 0.869. The van der Waals surface area contributed by atoms with E-state index >= 15 is 0 Å². The summed E-state index contributed by atoms with van der Waals surface area (Å²) in [6, 6.07) is 19.7. The van der Waals surface area contributed by atoms with Gasteiger partial charge in [-0.05, 0) is 104 Å². The number of nitrogens with zero attached hydrogens (tertiary/aromatic N) is 7. The molecule has 79 heavy (non-hydrogen) atoms. The molecule has 4 amide bonds. The zero-order chi connectivity index (χ0) is 57.3. The number of rotatable bonds is 20. The van der Waals surface area contributed by atoms with Gasteiger partial charge in [-0.3, -0.25) is 60.9 Å². The second-order valence-electron chi connectivity index (χ2n) is 19.4. The number of benzene rings is 4. The number of nitrogens with one attached hydrogen (secondary N) is 2. The van der Waals surface area contributed by atoms with Crippen LogP contribution < -0.4 is 10.6 Å². The number of hydrogen-bond acceptors (Lipinski definition) is 20. The highest BCUT2D eigenvalue weighted by Gasteiger charge is 2.61. The molecular formula is C50H53N9O18SSi. The normalized spacial score (nSPS) is 18.8. The largest absolute Gasteiger partial charge is 0.456 e. The van der Waals surface area contributed by atoms with E-state index in [1.54, 1.807) is 0 Å². The molecule has 0 spiro atoms. The minimum Gasteiger partial charge on any atom is -0.456 e. The first kappa shape index (κ1) is 57.9. The van der Waals surface area contributed by atoms with E-state index in [2.05, 4.69) is 15.6 Å². The van der Waals surface area contributed by atoms with Crippen LogP contribution in [0.4, 0.5) is 37.1 Å². The van der Waals surface area contributed by atoms with Gasteiger partial charge < -0.3 is 33.2 Å². The van der Waals surface area contributed by atoms with E-state index in [0.717, 1.165) is 0 Å². The van der Waals surface area contributed by atoms with E-state index in [9.17, 15) is 64.4 Å². The Morgan fingerprint density at radius 2 is 1.08 bits per heavy atom. The number of β-lactam (4-membered cyclic amide) rings is 1. The lowest BCUT2D eigenvalue weighted by Gasteiger charge is -2.48. The molecule has 27 nitrogen and oxygen atoms in total. The van der Waals surface area contributed by atoms with Crippen molar-refractivity contribution in [2.24, 2.45) is 16.8 Å². The molecule has 3 heterocycles. The van der Waals surface area contributed by atoms with E-state index in [4.69, 9.17) is 23.4 Å². The van der Waals surface area contributed by atoms with Gasteiger partial charge in [-0.1, -0.05) is 6.92 Å². The summed E-state index contributed by atoms with van der Waals surface area (Å²) in [6.07, 6.45) is -3.48. The van der Waals surface area contributed by atoms with Gasteiger partial charge >= 0.3 is 24.2 Å². The molecule has 0 aliphatic carbocycles. The first-order chi connectivity index (χ1) is 37.5. The topological polar surface area (TPSA) is 347 Å². The van der Waals surface area contributed by atoms with E-state index < -0.39 is 93.5 Å². The second kappa shape index (κ2) is 25.1. The number of alkyl carbamates (subject to hydrolysis) is 2. The van der Waals surface area contributed by atoms with Gasteiger partial charge in [0.25, 0.3) is 22.7 Å². The summed E-state index contributed by atoms with van der Waals surface area (Å²) in [5.74, 6) is -2.75. The number of non-ortho nitro benzene ring substituents is 4. The third kappa shape index (κ3) is 14.8. The van der Waals surface area contributed by atoms with Crippen molar-refractivity contribution in [3.8, 4) is 0 Å². The van der Waals surface area contributed by atoms with Gasteiger partial charge in [0, 0.05) is 71.1 Å². The number of thioether (sulfide) groups is 1. The van der Waals surface area contributed by atoms with Crippen LogP contribution in [0.15, 0.2) is 113 Å². The van der Waals surface area contributed by atoms with Gasteiger partial charge in [0.05, 0.1) is 50.3 Å². The number of carbonyl (C=O) groups is 5. The maximum atomic E-state index is 14.3. The fourth-order valence-corrected chi connectivity index (χ4v) is 11.8. The Balaban J connectivity index is 1.16. The molecule has 4 aromatic rings. The summed E-state index contributed by atoms with van der Waals surface area (Å²) < 4.78 is 28.5. The lowest BCUT2D eigenvalue weighted by Crippen LogP contribution is -2.64. The minimum atomic E-state index is -2.16. The maximum absolute atomic E-state index is 14.3. The first-order valence-corrected chi connectivity index (χ1v) is 28.6. The quantitative estimate of drug-likeness (QED) is 0.0124. The summed E-state index contributed by atoms with van der Waals surface area (Å²) in [7, 11) is -2.16. The van der Waals surface area contributed by atoms with Crippen LogP contribution in [0, 0.1) is 52.3 Å². The highest BCUT2D eigenvalue weighted by atomic mass is 32.2. The SMILES string of the molecule is C[C@@H](O[Si](C)(C)C)[C@H]1C(=O)N2C(C(=O)OCc3ccc([N+](=O)[O-])cc3)=C(S[C@H]3C[C@@H](CN=C(NC(=O)OCc4ccc([N+](=O)[O-])cc4)NC(=O)OCc4ccc([N+](=O)[O-])cc4)N(C(=O)OCc4ccc([N+](=O)[O-])cc4)C3)[C@H](C)[C@H]12. The molecule has 0 radical (unpaired) electrons. The van der Waals surface area contributed by atoms with E-state index in [1.165, 1.54) is 119 Å². The van der Waals surface area contributed by atoms with Gasteiger partial charge in [0.2, 0.25) is 11.9 Å². The lowest BCUT2D eigenvalue weighted by atomic mass is 9.79. The lowest BCUT2D eigenvalue weighted by molar-refractivity contribution is -0.385. The number of hydrogen-bond donors (Lipinski definition) is 2. The van der Waals surface area contributed by atoms with Crippen LogP contribution in [0.3, 0.4) is 0 Å². The van der Waals surface area contributed by atoms with E-state index in [0.29, 0.717) is 27.2 Å². The van der Waals surface area contributed by atoms with Crippen LogP contribution in [-0.4, -0.2) is 110 Å². The Kier molecular flexibility index (Phi) is 18.4. The molecule has 4 aromatic carbocycles. The molecule has 29 heteroatoms. The number of likely N-dealkylation sites (tertiary alicyclic amines) is 1. The van der Waals surface area contributed by atoms with Crippen molar-refractivity contribution in [3.63, 3.8) is 0 Å². The molecule has 0 unspecified atom stereocenters. The first-order valence-electron chi connectivity index (χ1n) is 24.3. The number of nitro groups is 4. The van der Waals surface area contributed by atoms with E-state index in [-0.39, 0.29) is 80.3 Å². The molecule has 6 atom stereocenters. The van der Waals surface area contributed by atoms with Crippen LogP contribution in [0.5, 0.6) is 0 Å². The molecule has 416 valence electrons. The molecule has 3 aliphatic heterocycles. The minimum absolute atomic E-state index is 0.00482. The summed E-state index contributed by atoms with van der Waals surface area (Å²) in [5, 5.41) is 49.0. The third-order valence-corrected chi connectivity index (χ3v) is 15.3. The number of esters is 1. The van der Waals surface area contributed by atoms with Crippen molar-refractivity contribution < 1.29 is 67.0 Å². The van der Waals surface area contributed by atoms with Crippen LogP contribution in [0.25, 0.3) is 0 Å². The average molecular weight is 1130 g/mol. The zero-order valence-electron chi connectivity index (χ0n) is 43.0. The number of carbonyl (C=O) groups excluding carboxylic acids is 5. The number of amides is 4. The molecule has 0 bridgehead atoms. The van der Waals surface area contributed by atoms with Crippen LogP contribution >= 0.6 is 11.8 Å².